The van der Waals surface area contributed by atoms with E-state index in [1.807, 2.05) is 42.6 Å². The molecule has 6 rings (SSSR count). The summed E-state index contributed by atoms with van der Waals surface area (Å²) in [5.74, 6) is -0.674. The molecular weight excluding hydrogens is 569 g/mol. The second-order valence-electron chi connectivity index (χ2n) is 10.6. The number of halogens is 2. The Morgan fingerprint density at radius 2 is 1.93 bits per heavy atom. The van der Waals surface area contributed by atoms with Crippen molar-refractivity contribution in [1.29, 1.82) is 0 Å². The van der Waals surface area contributed by atoms with Gasteiger partial charge in [-0.05, 0) is 76.0 Å². The van der Waals surface area contributed by atoms with Gasteiger partial charge in [0.1, 0.15) is 18.2 Å². The highest BCUT2D eigenvalue weighted by Gasteiger charge is 2.33. The van der Waals surface area contributed by atoms with Gasteiger partial charge in [0.25, 0.3) is 5.91 Å². The van der Waals surface area contributed by atoms with Crippen LogP contribution in [0.15, 0.2) is 73.2 Å². The Labute approximate surface area is 254 Å². The molecular formula is C31H33ClFN9O. The SMILES string of the molecule is NCc1ccc(NC(=O)C2c3cccc(N4CCNCC4)c3CCN2/C=C/Cc2cc(Cl)c(F)cc2-n2cnnn2)cc1. The molecule has 0 radical (unpaired) electrons. The van der Waals surface area contributed by atoms with Gasteiger partial charge in [-0.1, -0.05) is 41.9 Å². The maximum Gasteiger partial charge on any atom is 0.251 e. The maximum absolute atomic E-state index is 14.3. The summed E-state index contributed by atoms with van der Waals surface area (Å²) < 4.78 is 15.7. The molecule has 1 saturated heterocycles. The van der Waals surface area contributed by atoms with E-state index in [0.29, 0.717) is 30.9 Å². The molecule has 2 aliphatic heterocycles. The molecule has 1 amide bonds. The van der Waals surface area contributed by atoms with E-state index in [1.165, 1.54) is 28.3 Å². The highest BCUT2D eigenvalue weighted by atomic mass is 35.5. The van der Waals surface area contributed by atoms with Crippen molar-refractivity contribution >= 4 is 28.9 Å². The zero-order valence-corrected chi connectivity index (χ0v) is 24.3. The first-order chi connectivity index (χ1) is 21.0. The van der Waals surface area contributed by atoms with E-state index in [4.69, 9.17) is 17.3 Å². The third kappa shape index (κ3) is 6.24. The van der Waals surface area contributed by atoms with Crippen molar-refractivity contribution in [2.45, 2.75) is 25.4 Å². The maximum atomic E-state index is 14.3. The van der Waals surface area contributed by atoms with Gasteiger partial charge in [0.2, 0.25) is 0 Å². The number of piperazine rings is 1. The van der Waals surface area contributed by atoms with Crippen LogP contribution in [0.3, 0.4) is 0 Å². The number of carbonyl (C=O) groups excluding carboxylic acids is 1. The van der Waals surface area contributed by atoms with Gasteiger partial charge in [-0.25, -0.2) is 9.07 Å². The van der Waals surface area contributed by atoms with Crippen molar-refractivity contribution in [3.63, 3.8) is 0 Å². The molecule has 1 fully saturated rings. The minimum atomic E-state index is -0.552. The molecule has 43 heavy (non-hydrogen) atoms. The van der Waals surface area contributed by atoms with Gasteiger partial charge in [-0.3, -0.25) is 4.79 Å². The molecule has 3 heterocycles. The minimum Gasteiger partial charge on any atom is -0.369 e. The molecule has 3 aromatic carbocycles. The zero-order chi connectivity index (χ0) is 29.8. The lowest BCUT2D eigenvalue weighted by atomic mass is 9.90. The van der Waals surface area contributed by atoms with Crippen LogP contribution in [-0.2, 0) is 24.2 Å². The number of carbonyl (C=O) groups is 1. The Morgan fingerprint density at radius 1 is 1.12 bits per heavy atom. The number of aromatic nitrogens is 4. The van der Waals surface area contributed by atoms with Gasteiger partial charge in [0, 0.05) is 56.7 Å². The standard InChI is InChI=1S/C31H33ClFN9O/c32-26-17-22(29(18-27(26)33)42-20-36-38-39-42)3-2-13-41-14-10-24-25(4-1-5-28(24)40-15-11-35-12-16-40)30(41)31(43)37-23-8-6-21(19-34)7-9-23/h1-2,4-9,13,17-18,20,30,35H,3,10-12,14-16,19,34H2,(H,37,43)/b13-2+. The quantitative estimate of drug-likeness (QED) is 0.280. The average molecular weight is 602 g/mol. The third-order valence-electron chi connectivity index (χ3n) is 7.95. The first kappa shape index (κ1) is 28.8. The lowest BCUT2D eigenvalue weighted by Crippen LogP contribution is -2.45. The summed E-state index contributed by atoms with van der Waals surface area (Å²) in [6, 6.07) is 16.2. The molecule has 0 aliphatic carbocycles. The number of rotatable bonds is 8. The largest absolute Gasteiger partial charge is 0.369 e. The lowest BCUT2D eigenvalue weighted by molar-refractivity contribution is -0.120. The molecule has 4 N–H and O–H groups in total. The minimum absolute atomic E-state index is 0.0190. The van der Waals surface area contributed by atoms with Crippen LogP contribution in [0.2, 0.25) is 5.02 Å². The first-order valence-electron chi connectivity index (χ1n) is 14.3. The van der Waals surface area contributed by atoms with E-state index in [-0.39, 0.29) is 10.9 Å². The number of hydrogen-bond acceptors (Lipinski definition) is 8. The van der Waals surface area contributed by atoms with Crippen LogP contribution in [0, 0.1) is 5.82 Å². The van der Waals surface area contributed by atoms with Gasteiger partial charge < -0.3 is 26.2 Å². The summed E-state index contributed by atoms with van der Waals surface area (Å²) in [7, 11) is 0. The normalized spacial score (nSPS) is 16.9. The van der Waals surface area contributed by atoms with E-state index < -0.39 is 11.9 Å². The number of tetrazole rings is 1. The fourth-order valence-corrected chi connectivity index (χ4v) is 5.99. The van der Waals surface area contributed by atoms with Gasteiger partial charge >= 0.3 is 0 Å². The van der Waals surface area contributed by atoms with Crippen LogP contribution in [0.4, 0.5) is 15.8 Å². The lowest BCUT2D eigenvalue weighted by Gasteiger charge is -2.39. The molecule has 2 aliphatic rings. The highest BCUT2D eigenvalue weighted by Crippen LogP contribution is 2.37. The Balaban J connectivity index is 1.31. The van der Waals surface area contributed by atoms with Crippen LogP contribution in [0.5, 0.6) is 0 Å². The summed E-state index contributed by atoms with van der Waals surface area (Å²) in [6.07, 6.45) is 6.54. The molecule has 1 atom stereocenters. The number of allylic oxidation sites excluding steroid dienone is 1. The number of amides is 1. The molecule has 4 aromatic rings. The Kier molecular flexibility index (Phi) is 8.64. The van der Waals surface area contributed by atoms with Gasteiger partial charge in [0.15, 0.2) is 0 Å². The van der Waals surface area contributed by atoms with E-state index in [1.54, 1.807) is 6.07 Å². The highest BCUT2D eigenvalue weighted by molar-refractivity contribution is 6.30. The average Bonchev–Trinajstić information content (AvgIpc) is 3.58. The molecule has 222 valence electrons. The molecule has 0 spiro atoms. The molecule has 10 nitrogen and oxygen atoms in total. The molecule has 0 saturated carbocycles. The smallest absolute Gasteiger partial charge is 0.251 e. The van der Waals surface area contributed by atoms with Gasteiger partial charge in [0.05, 0.1) is 10.7 Å². The number of nitrogens with two attached hydrogens (primary N) is 1. The number of fused-ring (bicyclic) bond motifs is 1. The second kappa shape index (κ2) is 12.9. The van der Waals surface area contributed by atoms with Crippen molar-refractivity contribution < 1.29 is 9.18 Å². The van der Waals surface area contributed by atoms with Crippen LogP contribution >= 0.6 is 11.6 Å². The summed E-state index contributed by atoms with van der Waals surface area (Å²) in [6.45, 7) is 4.80. The molecule has 0 bridgehead atoms. The Hall–Kier alpha value is -4.32. The summed E-state index contributed by atoms with van der Waals surface area (Å²) >= 11 is 6.13. The fraction of sp³-hybridized carbons (Fsp3) is 0.290. The van der Waals surface area contributed by atoms with E-state index in [0.717, 1.165) is 49.3 Å². The van der Waals surface area contributed by atoms with E-state index in [9.17, 15) is 9.18 Å². The summed E-state index contributed by atoms with van der Waals surface area (Å²) in [4.78, 5) is 18.5. The predicted octanol–water partition coefficient (Wildman–Crippen LogP) is 3.62. The summed E-state index contributed by atoms with van der Waals surface area (Å²) in [5.41, 5.74) is 12.1. The third-order valence-corrected chi connectivity index (χ3v) is 8.24. The number of nitrogens with one attached hydrogen (secondary N) is 2. The molecule has 1 unspecified atom stereocenters. The van der Waals surface area contributed by atoms with Crippen LogP contribution in [0.25, 0.3) is 5.69 Å². The van der Waals surface area contributed by atoms with E-state index in [2.05, 4.69) is 48.1 Å². The second-order valence-corrected chi connectivity index (χ2v) is 11.0. The molecule has 1 aromatic heterocycles. The van der Waals surface area contributed by atoms with Crippen molar-refractivity contribution in [2.24, 2.45) is 5.73 Å². The van der Waals surface area contributed by atoms with Gasteiger partial charge in [-0.2, -0.15) is 0 Å². The van der Waals surface area contributed by atoms with Crippen molar-refractivity contribution in [1.82, 2.24) is 30.4 Å². The topological polar surface area (TPSA) is 117 Å². The number of hydrogen-bond donors (Lipinski definition) is 3. The van der Waals surface area contributed by atoms with E-state index >= 15 is 0 Å². The summed E-state index contributed by atoms with van der Waals surface area (Å²) in [5, 5.41) is 17.8. The Bertz CT molecular complexity index is 1600. The van der Waals surface area contributed by atoms with Crippen molar-refractivity contribution in [3.8, 4) is 5.69 Å². The first-order valence-corrected chi connectivity index (χ1v) is 14.7. The monoisotopic (exact) mass is 601 g/mol. The Morgan fingerprint density at radius 3 is 2.67 bits per heavy atom. The van der Waals surface area contributed by atoms with Crippen molar-refractivity contribution in [3.05, 3.63) is 106 Å². The van der Waals surface area contributed by atoms with Crippen LogP contribution < -0.4 is 21.3 Å². The van der Waals surface area contributed by atoms with Gasteiger partial charge in [-0.15, -0.1) is 5.10 Å². The predicted molar refractivity (Wildman–Crippen MR) is 165 cm³/mol. The van der Waals surface area contributed by atoms with Crippen LogP contribution in [-0.4, -0.2) is 63.7 Å². The fourth-order valence-electron chi connectivity index (χ4n) is 5.80. The van der Waals surface area contributed by atoms with Crippen LogP contribution in [0.1, 0.15) is 28.3 Å². The number of benzene rings is 3. The van der Waals surface area contributed by atoms with Crippen molar-refractivity contribution in [2.75, 3.05) is 42.9 Å². The number of anilines is 2. The zero-order valence-electron chi connectivity index (χ0n) is 23.6. The molecule has 12 heteroatoms. The number of nitrogens with zero attached hydrogens (tertiary/aromatic N) is 6.